The minimum Gasteiger partial charge on any atom is -0.393 e. The van der Waals surface area contributed by atoms with Gasteiger partial charge in [0, 0.05) is 38.7 Å². The number of aromatic nitrogens is 2. The molecule has 1 aromatic rings. The van der Waals surface area contributed by atoms with E-state index in [1.54, 1.807) is 0 Å². The summed E-state index contributed by atoms with van der Waals surface area (Å²) in [6.07, 6.45) is 5.24. The molecule has 1 aromatic heterocycles. The number of aryl methyl sites for hydroxylation is 1. The summed E-state index contributed by atoms with van der Waals surface area (Å²) in [7, 11) is 0. The first kappa shape index (κ1) is 17.8. The van der Waals surface area contributed by atoms with Crippen LogP contribution in [0.5, 0.6) is 0 Å². The maximum absolute atomic E-state index is 10.4. The molecule has 0 saturated carbocycles. The molecule has 0 amide bonds. The monoisotopic (exact) mass is 333 g/mol. The maximum Gasteiger partial charge on any atom is 0.125 e. The summed E-state index contributed by atoms with van der Waals surface area (Å²) in [6, 6.07) is 1.99. The van der Waals surface area contributed by atoms with E-state index in [-0.39, 0.29) is 23.2 Å². The molecule has 0 radical (unpaired) electrons. The highest BCUT2D eigenvalue weighted by atomic mass is 16.5. The molecule has 0 aromatic carbocycles. The number of hydrogen-bond acceptors (Lipinski definition) is 5. The van der Waals surface area contributed by atoms with E-state index in [0.717, 1.165) is 56.8 Å². The lowest BCUT2D eigenvalue weighted by Gasteiger charge is -2.50. The van der Waals surface area contributed by atoms with Crippen LogP contribution < -0.4 is 0 Å². The Hall–Kier alpha value is -1.04. The van der Waals surface area contributed by atoms with Crippen LogP contribution in [0, 0.1) is 12.3 Å². The van der Waals surface area contributed by atoms with Crippen LogP contribution in [0.3, 0.4) is 0 Å². The fraction of sp³-hybridized carbons (Fsp3) is 0.789. The van der Waals surface area contributed by atoms with Gasteiger partial charge in [-0.1, -0.05) is 20.8 Å². The molecule has 0 aliphatic carbocycles. The molecule has 3 heterocycles. The van der Waals surface area contributed by atoms with Gasteiger partial charge in [-0.25, -0.2) is 9.97 Å². The van der Waals surface area contributed by atoms with E-state index in [1.807, 2.05) is 19.2 Å². The third-order valence-electron chi connectivity index (χ3n) is 5.44. The van der Waals surface area contributed by atoms with Crippen molar-refractivity contribution in [3.63, 3.8) is 0 Å². The van der Waals surface area contributed by atoms with Gasteiger partial charge in [-0.15, -0.1) is 0 Å². The smallest absolute Gasteiger partial charge is 0.125 e. The van der Waals surface area contributed by atoms with Gasteiger partial charge in [0.25, 0.3) is 0 Å². The van der Waals surface area contributed by atoms with E-state index in [0.29, 0.717) is 0 Å². The zero-order chi connectivity index (χ0) is 17.4. The quantitative estimate of drug-likeness (QED) is 0.902. The number of hydrogen-bond donors (Lipinski definition) is 1. The van der Waals surface area contributed by atoms with Gasteiger partial charge in [0.15, 0.2) is 0 Å². The molecule has 5 nitrogen and oxygen atoms in total. The summed E-state index contributed by atoms with van der Waals surface area (Å²) < 4.78 is 6.56. The summed E-state index contributed by atoms with van der Waals surface area (Å²) in [5.74, 6) is 0.827. The Kier molecular flexibility index (Phi) is 4.96. The van der Waals surface area contributed by atoms with Crippen LogP contribution >= 0.6 is 0 Å². The largest absolute Gasteiger partial charge is 0.393 e. The van der Waals surface area contributed by atoms with Gasteiger partial charge < -0.3 is 9.84 Å². The number of aliphatic hydroxyl groups excluding tert-OH is 1. The number of rotatable bonds is 2. The molecule has 2 atom stereocenters. The first-order valence-corrected chi connectivity index (χ1v) is 9.13. The van der Waals surface area contributed by atoms with Crippen LogP contribution in [0.15, 0.2) is 12.3 Å². The topological polar surface area (TPSA) is 58.5 Å². The Bertz CT molecular complexity index is 562. The van der Waals surface area contributed by atoms with E-state index < -0.39 is 0 Å². The van der Waals surface area contributed by atoms with Crippen molar-refractivity contribution in [3.05, 3.63) is 23.8 Å². The number of piperidine rings is 1. The summed E-state index contributed by atoms with van der Waals surface area (Å²) in [5, 5.41) is 10.4. The van der Waals surface area contributed by atoms with E-state index in [9.17, 15) is 5.11 Å². The summed E-state index contributed by atoms with van der Waals surface area (Å²) >= 11 is 0. The van der Waals surface area contributed by atoms with Crippen LogP contribution in [-0.4, -0.2) is 50.9 Å². The number of ether oxygens (including phenoxy) is 1. The molecule has 3 rings (SSSR count). The molecular weight excluding hydrogens is 302 g/mol. The Morgan fingerprint density at radius 1 is 1.33 bits per heavy atom. The predicted octanol–water partition coefficient (Wildman–Crippen LogP) is 2.71. The van der Waals surface area contributed by atoms with Crippen molar-refractivity contribution < 1.29 is 9.84 Å². The molecule has 0 unspecified atom stereocenters. The fourth-order valence-electron chi connectivity index (χ4n) is 3.95. The normalized spacial score (nSPS) is 28.2. The summed E-state index contributed by atoms with van der Waals surface area (Å²) in [6.45, 7) is 11.4. The van der Waals surface area contributed by atoms with Crippen molar-refractivity contribution in [2.75, 3.05) is 13.1 Å². The van der Waals surface area contributed by atoms with Gasteiger partial charge in [-0.05, 0) is 31.2 Å². The second-order valence-corrected chi connectivity index (χ2v) is 8.62. The minimum absolute atomic E-state index is 0.0734. The van der Waals surface area contributed by atoms with Crippen molar-refractivity contribution in [1.29, 1.82) is 0 Å². The van der Waals surface area contributed by atoms with Gasteiger partial charge in [0.1, 0.15) is 5.82 Å². The Morgan fingerprint density at radius 3 is 2.67 bits per heavy atom. The SMILES string of the molecule is Cc1nccc(CN2CCC3(CC2)C[C@H](O)C[C@H](C(C)(C)C)O3)n1. The molecule has 24 heavy (non-hydrogen) atoms. The van der Waals surface area contributed by atoms with Gasteiger partial charge in [0.2, 0.25) is 0 Å². The summed E-state index contributed by atoms with van der Waals surface area (Å²) in [5.41, 5.74) is 1.01. The molecule has 2 aliphatic rings. The highest BCUT2D eigenvalue weighted by Crippen LogP contribution is 2.42. The van der Waals surface area contributed by atoms with E-state index >= 15 is 0 Å². The van der Waals surface area contributed by atoms with Crippen molar-refractivity contribution in [2.24, 2.45) is 5.41 Å². The molecule has 1 N–H and O–H groups in total. The first-order chi connectivity index (χ1) is 11.3. The number of aliphatic hydroxyl groups is 1. The lowest BCUT2D eigenvalue weighted by atomic mass is 9.76. The second kappa shape index (κ2) is 6.70. The standard InChI is InChI=1S/C19H31N3O2/c1-14-20-8-5-15(21-14)13-22-9-6-19(7-10-22)12-16(23)11-17(24-19)18(2,3)4/h5,8,16-17,23H,6-7,9-13H2,1-4H3/t16-,17-/m1/s1. The van der Waals surface area contributed by atoms with Crippen LogP contribution in [0.25, 0.3) is 0 Å². The molecule has 2 aliphatic heterocycles. The zero-order valence-electron chi connectivity index (χ0n) is 15.5. The number of nitrogens with zero attached hydrogens (tertiary/aromatic N) is 3. The molecule has 0 bridgehead atoms. The predicted molar refractivity (Wildman–Crippen MR) is 93.6 cm³/mol. The van der Waals surface area contributed by atoms with Crippen molar-refractivity contribution in [3.8, 4) is 0 Å². The van der Waals surface area contributed by atoms with Crippen LogP contribution in [0.1, 0.15) is 58.0 Å². The lowest BCUT2D eigenvalue weighted by Crippen LogP contribution is -2.55. The molecule has 2 saturated heterocycles. The average molecular weight is 333 g/mol. The lowest BCUT2D eigenvalue weighted by molar-refractivity contribution is -0.208. The second-order valence-electron chi connectivity index (χ2n) is 8.62. The van der Waals surface area contributed by atoms with Crippen molar-refractivity contribution >= 4 is 0 Å². The zero-order valence-corrected chi connectivity index (χ0v) is 15.5. The third kappa shape index (κ3) is 4.13. The molecule has 2 fully saturated rings. The van der Waals surface area contributed by atoms with E-state index in [2.05, 4.69) is 35.6 Å². The Labute approximate surface area is 145 Å². The van der Waals surface area contributed by atoms with Crippen molar-refractivity contribution in [2.45, 2.75) is 77.7 Å². The van der Waals surface area contributed by atoms with Crippen LogP contribution in [-0.2, 0) is 11.3 Å². The van der Waals surface area contributed by atoms with Gasteiger partial charge >= 0.3 is 0 Å². The molecule has 5 heteroatoms. The van der Waals surface area contributed by atoms with Gasteiger partial charge in [0.05, 0.1) is 23.5 Å². The Balaban J connectivity index is 1.61. The van der Waals surface area contributed by atoms with Crippen LogP contribution in [0.2, 0.25) is 0 Å². The molecular formula is C19H31N3O2. The van der Waals surface area contributed by atoms with Crippen molar-refractivity contribution in [1.82, 2.24) is 14.9 Å². The van der Waals surface area contributed by atoms with Gasteiger partial charge in [-0.2, -0.15) is 0 Å². The highest BCUT2D eigenvalue weighted by molar-refractivity contribution is 5.03. The van der Waals surface area contributed by atoms with Gasteiger partial charge in [-0.3, -0.25) is 4.90 Å². The first-order valence-electron chi connectivity index (χ1n) is 9.13. The number of likely N-dealkylation sites (tertiary alicyclic amines) is 1. The van der Waals surface area contributed by atoms with E-state index in [4.69, 9.17) is 4.74 Å². The van der Waals surface area contributed by atoms with Crippen LogP contribution in [0.4, 0.5) is 0 Å². The summed E-state index contributed by atoms with van der Waals surface area (Å²) in [4.78, 5) is 11.1. The highest BCUT2D eigenvalue weighted by Gasteiger charge is 2.46. The maximum atomic E-state index is 10.4. The third-order valence-corrected chi connectivity index (χ3v) is 5.44. The molecule has 134 valence electrons. The minimum atomic E-state index is -0.237. The fourth-order valence-corrected chi connectivity index (χ4v) is 3.95. The Morgan fingerprint density at radius 2 is 2.04 bits per heavy atom. The average Bonchev–Trinajstić information content (AvgIpc) is 2.48. The van der Waals surface area contributed by atoms with E-state index in [1.165, 1.54) is 0 Å². The molecule has 1 spiro atoms.